The zero-order chi connectivity index (χ0) is 12.9. The van der Waals surface area contributed by atoms with Gasteiger partial charge in [-0.1, -0.05) is 6.92 Å². The predicted octanol–water partition coefficient (Wildman–Crippen LogP) is 0.904. The molecule has 0 amide bonds. The molecule has 4 heteroatoms. The van der Waals surface area contributed by atoms with Gasteiger partial charge in [-0.2, -0.15) is 5.26 Å². The van der Waals surface area contributed by atoms with E-state index in [0.717, 1.165) is 19.6 Å². The Bertz CT molecular complexity index is 273. The highest BCUT2D eigenvalue weighted by Gasteiger charge is 2.29. The van der Waals surface area contributed by atoms with Crippen molar-refractivity contribution < 1.29 is 0 Å². The molecule has 0 bridgehead atoms. The second kappa shape index (κ2) is 6.34. The second-order valence-corrected chi connectivity index (χ2v) is 5.45. The van der Waals surface area contributed by atoms with Crippen LogP contribution in [0.5, 0.6) is 0 Å². The highest BCUT2D eigenvalue weighted by atomic mass is 15.2. The van der Waals surface area contributed by atoms with Gasteiger partial charge < -0.3 is 4.90 Å². The molecule has 0 aromatic rings. The minimum absolute atomic E-state index is 0.431. The minimum Gasteiger partial charge on any atom is -0.305 e. The average molecular weight is 238 g/mol. The van der Waals surface area contributed by atoms with E-state index >= 15 is 0 Å². The lowest BCUT2D eigenvalue weighted by Crippen LogP contribution is -2.54. The topological polar surface area (TPSA) is 42.3 Å². The average Bonchev–Trinajstić information content (AvgIpc) is 2.29. The summed E-state index contributed by atoms with van der Waals surface area (Å²) in [6, 6.07) is 2.98. The monoisotopic (exact) mass is 238 g/mol. The molecule has 0 aliphatic carbocycles. The van der Waals surface area contributed by atoms with E-state index in [4.69, 9.17) is 0 Å². The lowest BCUT2D eigenvalue weighted by Gasteiger charge is -2.38. The smallest absolute Gasteiger partial charge is 0.116 e. The van der Waals surface area contributed by atoms with Crippen LogP contribution in [0.25, 0.3) is 0 Å². The number of likely N-dealkylation sites (tertiary alicyclic amines) is 1. The summed E-state index contributed by atoms with van der Waals surface area (Å²) in [5, 5.41) is 12.5. The lowest BCUT2D eigenvalue weighted by atomic mass is 10.00. The first-order valence-corrected chi connectivity index (χ1v) is 6.56. The van der Waals surface area contributed by atoms with E-state index in [1.807, 2.05) is 13.8 Å². The summed E-state index contributed by atoms with van der Waals surface area (Å²) < 4.78 is 0. The van der Waals surface area contributed by atoms with Crippen LogP contribution in [0, 0.1) is 11.3 Å². The van der Waals surface area contributed by atoms with Crippen LogP contribution in [0.3, 0.4) is 0 Å². The Morgan fingerprint density at radius 2 is 2.29 bits per heavy atom. The van der Waals surface area contributed by atoms with Gasteiger partial charge in [0.1, 0.15) is 5.54 Å². The third-order valence-electron chi connectivity index (χ3n) is 3.60. The van der Waals surface area contributed by atoms with Gasteiger partial charge in [0, 0.05) is 19.1 Å². The van der Waals surface area contributed by atoms with Crippen molar-refractivity contribution in [2.24, 2.45) is 0 Å². The van der Waals surface area contributed by atoms with Gasteiger partial charge in [0.2, 0.25) is 0 Å². The van der Waals surface area contributed by atoms with Gasteiger partial charge in [-0.15, -0.1) is 0 Å². The molecule has 0 saturated carbocycles. The predicted molar refractivity (Wildman–Crippen MR) is 70.8 cm³/mol. The first-order chi connectivity index (χ1) is 8.00. The fourth-order valence-electron chi connectivity index (χ4n) is 2.65. The molecular formula is C13H26N4. The van der Waals surface area contributed by atoms with Crippen molar-refractivity contribution in [2.45, 2.75) is 38.3 Å². The van der Waals surface area contributed by atoms with Crippen LogP contribution in [0.4, 0.5) is 0 Å². The summed E-state index contributed by atoms with van der Waals surface area (Å²) in [7, 11) is 4.31. The molecule has 0 spiro atoms. The van der Waals surface area contributed by atoms with E-state index in [-0.39, 0.29) is 0 Å². The highest BCUT2D eigenvalue weighted by Crippen LogP contribution is 2.15. The van der Waals surface area contributed by atoms with Gasteiger partial charge in [-0.25, -0.2) is 0 Å². The minimum atomic E-state index is -0.431. The van der Waals surface area contributed by atoms with Crippen molar-refractivity contribution >= 4 is 0 Å². The molecule has 98 valence electrons. The molecule has 17 heavy (non-hydrogen) atoms. The molecule has 1 N–H and O–H groups in total. The maximum absolute atomic E-state index is 9.27. The molecule has 1 heterocycles. The van der Waals surface area contributed by atoms with Gasteiger partial charge >= 0.3 is 0 Å². The number of piperidine rings is 1. The van der Waals surface area contributed by atoms with Crippen molar-refractivity contribution in [2.75, 3.05) is 40.3 Å². The van der Waals surface area contributed by atoms with E-state index in [2.05, 4.69) is 35.3 Å². The maximum atomic E-state index is 9.27. The maximum Gasteiger partial charge on any atom is 0.116 e. The molecule has 2 atom stereocenters. The van der Waals surface area contributed by atoms with Gasteiger partial charge in [0.15, 0.2) is 0 Å². The summed E-state index contributed by atoms with van der Waals surface area (Å²) >= 11 is 0. The van der Waals surface area contributed by atoms with Crippen LogP contribution in [0.1, 0.15) is 26.7 Å². The number of hydrogen-bond acceptors (Lipinski definition) is 4. The molecule has 1 saturated heterocycles. The summed E-state index contributed by atoms with van der Waals surface area (Å²) in [5.41, 5.74) is -0.431. The van der Waals surface area contributed by atoms with E-state index in [1.165, 1.54) is 19.4 Å². The Kier molecular flexibility index (Phi) is 5.38. The zero-order valence-corrected chi connectivity index (χ0v) is 11.7. The highest BCUT2D eigenvalue weighted by molar-refractivity contribution is 5.06. The molecular weight excluding hydrogens is 212 g/mol. The Hall–Kier alpha value is -0.630. The largest absolute Gasteiger partial charge is 0.305 e. The van der Waals surface area contributed by atoms with Crippen LogP contribution in [0.2, 0.25) is 0 Å². The molecule has 0 aromatic heterocycles. The number of nitrogens with zero attached hydrogens (tertiary/aromatic N) is 3. The van der Waals surface area contributed by atoms with Crippen molar-refractivity contribution in [1.29, 1.82) is 5.26 Å². The van der Waals surface area contributed by atoms with E-state index in [9.17, 15) is 5.26 Å². The Balaban J connectivity index is 2.52. The zero-order valence-electron chi connectivity index (χ0n) is 11.7. The lowest BCUT2D eigenvalue weighted by molar-refractivity contribution is 0.118. The first-order valence-electron chi connectivity index (χ1n) is 6.56. The Morgan fingerprint density at radius 3 is 2.82 bits per heavy atom. The molecule has 1 aliphatic heterocycles. The van der Waals surface area contributed by atoms with Gasteiger partial charge in [0.25, 0.3) is 0 Å². The van der Waals surface area contributed by atoms with Crippen LogP contribution in [-0.2, 0) is 0 Å². The molecule has 0 radical (unpaired) electrons. The Labute approximate surface area is 106 Å². The number of nitrogens with one attached hydrogen (secondary N) is 1. The van der Waals surface area contributed by atoms with E-state index in [0.29, 0.717) is 6.04 Å². The fraction of sp³-hybridized carbons (Fsp3) is 0.923. The second-order valence-electron chi connectivity index (χ2n) is 5.45. The normalized spacial score (nSPS) is 25.5. The van der Waals surface area contributed by atoms with Gasteiger partial charge in [0.05, 0.1) is 6.07 Å². The van der Waals surface area contributed by atoms with Crippen LogP contribution < -0.4 is 5.32 Å². The molecule has 4 nitrogen and oxygen atoms in total. The van der Waals surface area contributed by atoms with Gasteiger partial charge in [-0.3, -0.25) is 10.2 Å². The third-order valence-corrected chi connectivity index (χ3v) is 3.60. The van der Waals surface area contributed by atoms with Crippen molar-refractivity contribution in [3.05, 3.63) is 0 Å². The number of hydrogen-bond donors (Lipinski definition) is 1. The quantitative estimate of drug-likeness (QED) is 0.773. The van der Waals surface area contributed by atoms with Crippen molar-refractivity contribution in [1.82, 2.24) is 15.1 Å². The van der Waals surface area contributed by atoms with E-state index < -0.39 is 5.54 Å². The molecule has 2 unspecified atom stereocenters. The molecule has 0 aromatic carbocycles. The Morgan fingerprint density at radius 1 is 1.59 bits per heavy atom. The van der Waals surface area contributed by atoms with Crippen LogP contribution >= 0.6 is 0 Å². The van der Waals surface area contributed by atoms with E-state index in [1.54, 1.807) is 0 Å². The van der Waals surface area contributed by atoms with Crippen LogP contribution in [-0.4, -0.2) is 61.7 Å². The fourth-order valence-corrected chi connectivity index (χ4v) is 2.65. The third kappa shape index (κ3) is 4.27. The summed E-state index contributed by atoms with van der Waals surface area (Å²) in [5.74, 6) is 0. The van der Waals surface area contributed by atoms with Crippen molar-refractivity contribution in [3.8, 4) is 6.07 Å². The van der Waals surface area contributed by atoms with Gasteiger partial charge in [-0.05, 0) is 47.0 Å². The summed E-state index contributed by atoms with van der Waals surface area (Å²) in [4.78, 5) is 4.71. The summed E-state index contributed by atoms with van der Waals surface area (Å²) in [6.07, 6.45) is 2.50. The number of nitriles is 1. The van der Waals surface area contributed by atoms with Crippen molar-refractivity contribution in [3.63, 3.8) is 0 Å². The standard InChI is InChI=1S/C13H26N4/c1-5-15-13(2,10-14)11-17(4)12-7-6-8-16(3)9-12/h12,15H,5-9,11H2,1-4H3. The molecule has 1 aliphatic rings. The molecule has 1 fully saturated rings. The number of rotatable bonds is 5. The SMILES string of the molecule is CCNC(C)(C#N)CN(C)C1CCCN(C)C1. The van der Waals surface area contributed by atoms with Crippen LogP contribution in [0.15, 0.2) is 0 Å². The number of likely N-dealkylation sites (N-methyl/N-ethyl adjacent to an activating group) is 3. The summed E-state index contributed by atoms with van der Waals surface area (Å²) in [6.45, 7) is 7.97. The first kappa shape index (κ1) is 14.4. The molecule has 1 rings (SSSR count).